The molecule has 2 unspecified atom stereocenters. The summed E-state index contributed by atoms with van der Waals surface area (Å²) in [6, 6.07) is 10.5. The van der Waals surface area contributed by atoms with Gasteiger partial charge in [0.05, 0.1) is 0 Å². The molecule has 0 bridgehead atoms. The van der Waals surface area contributed by atoms with Gasteiger partial charge >= 0.3 is 6.09 Å². The van der Waals surface area contributed by atoms with Crippen molar-refractivity contribution in [2.75, 3.05) is 6.54 Å². The van der Waals surface area contributed by atoms with E-state index in [0.717, 1.165) is 11.8 Å². The molecule has 24 heavy (non-hydrogen) atoms. The second kappa shape index (κ2) is 8.37. The third-order valence-electron chi connectivity index (χ3n) is 3.41. The number of benzene rings is 1. The molecule has 1 heterocycles. The topological polar surface area (TPSA) is 91.7 Å². The highest BCUT2D eigenvalue weighted by Crippen LogP contribution is 2.18. The summed E-state index contributed by atoms with van der Waals surface area (Å²) in [7, 11) is 0. The maximum atomic E-state index is 13.1. The van der Waals surface area contributed by atoms with E-state index in [-0.39, 0.29) is 24.3 Å². The Morgan fingerprint density at radius 3 is 2.71 bits per heavy atom. The highest BCUT2D eigenvalue weighted by Gasteiger charge is 2.20. The average Bonchev–Trinajstić information content (AvgIpc) is 2.60. The second-order valence-corrected chi connectivity index (χ2v) is 5.33. The fourth-order valence-electron chi connectivity index (χ4n) is 2.04. The van der Waals surface area contributed by atoms with Gasteiger partial charge in [-0.05, 0) is 18.6 Å². The van der Waals surface area contributed by atoms with Crippen LogP contribution in [-0.4, -0.2) is 33.9 Å². The number of hydrogen-bond acceptors (Lipinski definition) is 5. The molecule has 1 amide bonds. The number of pyridine rings is 1. The van der Waals surface area contributed by atoms with Gasteiger partial charge in [-0.1, -0.05) is 30.3 Å². The first-order chi connectivity index (χ1) is 11.5. The fourth-order valence-corrected chi connectivity index (χ4v) is 2.04. The van der Waals surface area contributed by atoms with Crippen LogP contribution in [0, 0.1) is 12.9 Å². The number of aromatic nitrogens is 1. The Morgan fingerprint density at radius 2 is 2.04 bits per heavy atom. The third-order valence-corrected chi connectivity index (χ3v) is 3.41. The maximum absolute atomic E-state index is 13.1. The molecule has 2 rings (SSSR count). The van der Waals surface area contributed by atoms with Crippen LogP contribution in [0.25, 0.3) is 0 Å². The first kappa shape index (κ1) is 17.8. The number of aliphatic hydroxyl groups excluding tert-OH is 2. The summed E-state index contributed by atoms with van der Waals surface area (Å²) in [5.41, 5.74) is 1.36. The summed E-state index contributed by atoms with van der Waals surface area (Å²) in [5, 5.41) is 22.3. The summed E-state index contributed by atoms with van der Waals surface area (Å²) in [6.07, 6.45) is -2.14. The third kappa shape index (κ3) is 5.00. The van der Waals surface area contributed by atoms with Crippen molar-refractivity contribution in [1.82, 2.24) is 10.3 Å². The number of alkyl carbamates (subject to hydrolysis) is 1. The number of carbonyl (C=O) groups is 1. The van der Waals surface area contributed by atoms with Crippen LogP contribution < -0.4 is 5.32 Å². The van der Waals surface area contributed by atoms with E-state index in [1.54, 1.807) is 0 Å². The van der Waals surface area contributed by atoms with Crippen LogP contribution in [0.3, 0.4) is 0 Å². The first-order valence-electron chi connectivity index (χ1n) is 7.40. The highest BCUT2D eigenvalue weighted by atomic mass is 19.1. The van der Waals surface area contributed by atoms with Gasteiger partial charge in [-0.2, -0.15) is 4.39 Å². The number of aliphatic hydroxyl groups is 2. The minimum absolute atomic E-state index is 0.104. The molecule has 128 valence electrons. The molecule has 0 aliphatic rings. The van der Waals surface area contributed by atoms with Crippen LogP contribution in [0.2, 0.25) is 0 Å². The van der Waals surface area contributed by atoms with Crippen molar-refractivity contribution in [3.8, 4) is 0 Å². The van der Waals surface area contributed by atoms with E-state index < -0.39 is 24.2 Å². The largest absolute Gasteiger partial charge is 0.445 e. The van der Waals surface area contributed by atoms with Gasteiger partial charge in [-0.25, -0.2) is 9.78 Å². The zero-order valence-corrected chi connectivity index (χ0v) is 13.1. The number of rotatable bonds is 6. The molecule has 3 N–H and O–H groups in total. The van der Waals surface area contributed by atoms with Crippen molar-refractivity contribution in [3.63, 3.8) is 0 Å². The lowest BCUT2D eigenvalue weighted by Gasteiger charge is -2.18. The molecule has 0 aliphatic heterocycles. The molecule has 0 radical (unpaired) electrons. The quantitative estimate of drug-likeness (QED) is 0.701. The first-order valence-corrected chi connectivity index (χ1v) is 7.40. The van der Waals surface area contributed by atoms with E-state index in [2.05, 4.69) is 10.3 Å². The molecule has 1 aromatic heterocycles. The van der Waals surface area contributed by atoms with Gasteiger partial charge in [0, 0.05) is 23.9 Å². The summed E-state index contributed by atoms with van der Waals surface area (Å²) in [4.78, 5) is 15.1. The molecule has 7 heteroatoms. The highest BCUT2D eigenvalue weighted by molar-refractivity contribution is 5.67. The molecule has 6 nitrogen and oxygen atoms in total. The van der Waals surface area contributed by atoms with Crippen LogP contribution in [0.5, 0.6) is 0 Å². The Bertz CT molecular complexity index is 682. The second-order valence-electron chi connectivity index (χ2n) is 5.33. The summed E-state index contributed by atoms with van der Waals surface area (Å²) in [6.45, 7) is 1.39. The van der Waals surface area contributed by atoms with Crippen molar-refractivity contribution in [2.45, 2.75) is 25.7 Å². The monoisotopic (exact) mass is 334 g/mol. The van der Waals surface area contributed by atoms with Gasteiger partial charge in [0.2, 0.25) is 5.95 Å². The van der Waals surface area contributed by atoms with Gasteiger partial charge in [0.1, 0.15) is 18.8 Å². The number of carbonyl (C=O) groups excluding carboxylic acids is 1. The summed E-state index contributed by atoms with van der Waals surface area (Å²) >= 11 is 0. The van der Waals surface area contributed by atoms with E-state index in [4.69, 9.17) is 4.74 Å². The number of aryl methyl sites for hydroxylation is 1. The van der Waals surface area contributed by atoms with Crippen molar-refractivity contribution in [1.29, 1.82) is 0 Å². The molecule has 0 saturated carbocycles. The van der Waals surface area contributed by atoms with Crippen molar-refractivity contribution < 1.29 is 24.1 Å². The zero-order valence-electron chi connectivity index (χ0n) is 13.1. The normalized spacial score (nSPS) is 13.2. The Balaban J connectivity index is 1.80. The molecule has 0 spiro atoms. The van der Waals surface area contributed by atoms with E-state index in [1.807, 2.05) is 30.3 Å². The Labute approximate surface area is 138 Å². The number of halogens is 1. The van der Waals surface area contributed by atoms with Crippen LogP contribution in [0.15, 0.2) is 42.6 Å². The van der Waals surface area contributed by atoms with Crippen LogP contribution >= 0.6 is 0 Å². The summed E-state index contributed by atoms with van der Waals surface area (Å²) < 4.78 is 18.1. The lowest BCUT2D eigenvalue weighted by atomic mass is 10.1. The van der Waals surface area contributed by atoms with E-state index in [0.29, 0.717) is 0 Å². The number of amides is 1. The van der Waals surface area contributed by atoms with E-state index in [9.17, 15) is 19.4 Å². The van der Waals surface area contributed by atoms with Gasteiger partial charge in [-0.15, -0.1) is 0 Å². The maximum Gasteiger partial charge on any atom is 0.407 e. The predicted octanol–water partition coefficient (Wildman–Crippen LogP) is 1.85. The predicted molar refractivity (Wildman–Crippen MR) is 84.5 cm³/mol. The minimum Gasteiger partial charge on any atom is -0.445 e. The Hall–Kier alpha value is -2.51. The van der Waals surface area contributed by atoms with E-state index in [1.165, 1.54) is 13.0 Å². The molecule has 0 fully saturated rings. The number of hydrogen-bond donors (Lipinski definition) is 3. The van der Waals surface area contributed by atoms with Gasteiger partial charge in [-0.3, -0.25) is 0 Å². The van der Waals surface area contributed by atoms with Gasteiger partial charge in [0.15, 0.2) is 0 Å². The Kier molecular flexibility index (Phi) is 6.22. The minimum atomic E-state index is -1.30. The van der Waals surface area contributed by atoms with Crippen molar-refractivity contribution in [2.24, 2.45) is 0 Å². The average molecular weight is 334 g/mol. The van der Waals surface area contributed by atoms with Crippen LogP contribution in [0.4, 0.5) is 9.18 Å². The van der Waals surface area contributed by atoms with Crippen LogP contribution in [0.1, 0.15) is 22.8 Å². The smallest absolute Gasteiger partial charge is 0.407 e. The molecular weight excluding hydrogens is 315 g/mol. The van der Waals surface area contributed by atoms with E-state index >= 15 is 0 Å². The fraction of sp³-hybridized carbons (Fsp3) is 0.294. The SMILES string of the molecule is Cc1cc(C(O)C(O)CNC(=O)OCc2ccccc2)cnc1F. The molecule has 2 aromatic rings. The van der Waals surface area contributed by atoms with Crippen molar-refractivity contribution >= 4 is 6.09 Å². The van der Waals surface area contributed by atoms with Gasteiger partial charge in [0.25, 0.3) is 0 Å². The molecule has 1 aromatic carbocycles. The molecular formula is C17H19FN2O4. The lowest BCUT2D eigenvalue weighted by Crippen LogP contribution is -2.35. The van der Waals surface area contributed by atoms with Gasteiger partial charge < -0.3 is 20.3 Å². The zero-order chi connectivity index (χ0) is 17.5. The number of ether oxygens (including phenoxy) is 1. The molecule has 0 saturated heterocycles. The van der Waals surface area contributed by atoms with Crippen molar-refractivity contribution in [3.05, 3.63) is 65.2 Å². The number of nitrogens with zero attached hydrogens (tertiary/aromatic N) is 1. The standard InChI is InChI=1S/C17H19FN2O4/c1-11-7-13(8-19-16(11)18)15(22)14(21)9-20-17(23)24-10-12-5-3-2-4-6-12/h2-8,14-15,21-22H,9-10H2,1H3,(H,20,23). The molecule has 0 aliphatic carbocycles. The molecule has 2 atom stereocenters. The number of nitrogens with one attached hydrogen (secondary N) is 1. The Morgan fingerprint density at radius 1 is 1.33 bits per heavy atom. The lowest BCUT2D eigenvalue weighted by molar-refractivity contribution is 0.0181. The van der Waals surface area contributed by atoms with Crippen LogP contribution in [-0.2, 0) is 11.3 Å². The summed E-state index contributed by atoms with van der Waals surface area (Å²) in [5.74, 6) is -0.636.